The molecule has 74 valence electrons. The Kier molecular flexibility index (Phi) is 2.42. The van der Waals surface area contributed by atoms with E-state index in [1.807, 2.05) is 6.20 Å². The monoisotopic (exact) mass is 274 g/mol. The van der Waals surface area contributed by atoms with E-state index in [1.165, 1.54) is 8.70 Å². The molecule has 0 spiro atoms. The number of hydrogen-bond acceptors (Lipinski definition) is 2. The third-order valence-electron chi connectivity index (χ3n) is 1.98. The molecule has 0 atom stereocenters. The summed E-state index contributed by atoms with van der Waals surface area (Å²) in [5.41, 5.74) is 1.24. The summed E-state index contributed by atoms with van der Waals surface area (Å²) in [4.78, 5) is 8.21. The van der Waals surface area contributed by atoms with E-state index in [1.54, 1.807) is 0 Å². The summed E-state index contributed by atoms with van der Waals surface area (Å²) in [5, 5.41) is 0.339. The Balaban J connectivity index is 2.63. The van der Waals surface area contributed by atoms with Crippen LogP contribution in [0.15, 0.2) is 12.3 Å². The SMILES string of the molecule is CC(C)(C)c1cc2nc(Cl)ncc2[se]1. The van der Waals surface area contributed by atoms with Crippen molar-refractivity contribution in [2.45, 2.75) is 26.2 Å². The summed E-state index contributed by atoms with van der Waals surface area (Å²) < 4.78 is 2.70. The third kappa shape index (κ3) is 1.85. The van der Waals surface area contributed by atoms with Gasteiger partial charge in [-0.1, -0.05) is 0 Å². The van der Waals surface area contributed by atoms with E-state index < -0.39 is 0 Å². The number of rotatable bonds is 0. The number of fused-ring (bicyclic) bond motifs is 1. The van der Waals surface area contributed by atoms with E-state index in [0.29, 0.717) is 19.8 Å². The van der Waals surface area contributed by atoms with Gasteiger partial charge < -0.3 is 0 Å². The molecular weight excluding hydrogens is 263 g/mol. The van der Waals surface area contributed by atoms with Crippen molar-refractivity contribution in [3.63, 3.8) is 0 Å². The van der Waals surface area contributed by atoms with Gasteiger partial charge in [0.15, 0.2) is 0 Å². The Bertz CT molecular complexity index is 470. The Hall–Kier alpha value is -0.371. The van der Waals surface area contributed by atoms with Crippen molar-refractivity contribution in [1.29, 1.82) is 0 Å². The van der Waals surface area contributed by atoms with Crippen molar-refractivity contribution < 1.29 is 0 Å². The average molecular weight is 274 g/mol. The van der Waals surface area contributed by atoms with Gasteiger partial charge in [-0.3, -0.25) is 0 Å². The summed E-state index contributed by atoms with van der Waals surface area (Å²) in [6.07, 6.45) is 1.85. The second-order valence-corrected chi connectivity index (χ2v) is 6.86. The van der Waals surface area contributed by atoms with Crippen LogP contribution < -0.4 is 0 Å². The Morgan fingerprint density at radius 3 is 2.71 bits per heavy atom. The average Bonchev–Trinajstić information content (AvgIpc) is 2.45. The van der Waals surface area contributed by atoms with Crippen LogP contribution >= 0.6 is 11.6 Å². The first-order valence-corrected chi connectivity index (χ1v) is 6.48. The predicted octanol–water partition coefficient (Wildman–Crippen LogP) is 2.64. The van der Waals surface area contributed by atoms with E-state index >= 15 is 0 Å². The van der Waals surface area contributed by atoms with Crippen LogP contribution in [0.5, 0.6) is 0 Å². The maximum absolute atomic E-state index is 5.74. The molecule has 0 bridgehead atoms. The molecule has 0 amide bonds. The van der Waals surface area contributed by atoms with Gasteiger partial charge in [0.2, 0.25) is 0 Å². The molecule has 0 unspecified atom stereocenters. The number of halogens is 1. The Morgan fingerprint density at radius 1 is 1.36 bits per heavy atom. The summed E-state index contributed by atoms with van der Waals surface area (Å²) in [5.74, 6) is 0. The van der Waals surface area contributed by atoms with Crippen LogP contribution in [0.2, 0.25) is 5.28 Å². The van der Waals surface area contributed by atoms with Crippen LogP contribution in [-0.2, 0) is 5.41 Å². The molecule has 2 rings (SSSR count). The fraction of sp³-hybridized carbons (Fsp3) is 0.400. The summed E-state index contributed by atoms with van der Waals surface area (Å²) >= 11 is 6.11. The molecule has 4 heteroatoms. The molecule has 0 fully saturated rings. The standard InChI is InChI=1S/C10H11ClN2Se/c1-10(2,3)8-4-6-7(14-8)5-12-9(11)13-6/h4-5H,1-3H3. The molecule has 0 saturated carbocycles. The molecule has 0 radical (unpaired) electrons. The van der Waals surface area contributed by atoms with E-state index in [9.17, 15) is 0 Å². The van der Waals surface area contributed by atoms with Gasteiger partial charge in [0.05, 0.1) is 0 Å². The fourth-order valence-corrected chi connectivity index (χ4v) is 3.48. The first-order chi connectivity index (χ1) is 6.47. The first-order valence-electron chi connectivity index (χ1n) is 4.39. The number of nitrogens with zero attached hydrogens (tertiary/aromatic N) is 2. The van der Waals surface area contributed by atoms with Crippen LogP contribution in [0.3, 0.4) is 0 Å². The zero-order valence-corrected chi connectivity index (χ0v) is 10.8. The maximum atomic E-state index is 5.74. The molecular formula is C10H11ClN2Se. The van der Waals surface area contributed by atoms with E-state index in [-0.39, 0.29) is 5.41 Å². The fourth-order valence-electron chi connectivity index (χ4n) is 1.19. The van der Waals surface area contributed by atoms with E-state index in [0.717, 1.165) is 5.52 Å². The molecule has 0 aliphatic carbocycles. The van der Waals surface area contributed by atoms with Gasteiger partial charge in [-0.25, -0.2) is 0 Å². The Labute approximate surface area is 94.1 Å². The van der Waals surface area contributed by atoms with E-state index in [4.69, 9.17) is 11.6 Å². The van der Waals surface area contributed by atoms with Crippen LogP contribution in [0.4, 0.5) is 0 Å². The van der Waals surface area contributed by atoms with Crippen LogP contribution in [-0.4, -0.2) is 24.5 Å². The predicted molar refractivity (Wildman–Crippen MR) is 60.2 cm³/mol. The first kappa shape index (κ1) is 10.2. The van der Waals surface area contributed by atoms with Gasteiger partial charge >= 0.3 is 94.0 Å². The van der Waals surface area contributed by atoms with Crippen molar-refractivity contribution in [3.8, 4) is 0 Å². The molecule has 2 aromatic rings. The zero-order chi connectivity index (χ0) is 10.3. The van der Waals surface area contributed by atoms with Crippen molar-refractivity contribution in [3.05, 3.63) is 22.0 Å². The zero-order valence-electron chi connectivity index (χ0n) is 8.34. The molecule has 2 heterocycles. The van der Waals surface area contributed by atoms with Gasteiger partial charge in [0.1, 0.15) is 0 Å². The van der Waals surface area contributed by atoms with Crippen molar-refractivity contribution in [2.24, 2.45) is 0 Å². The van der Waals surface area contributed by atoms with Crippen molar-refractivity contribution >= 4 is 35.9 Å². The van der Waals surface area contributed by atoms with Gasteiger partial charge in [-0.15, -0.1) is 0 Å². The summed E-state index contributed by atoms with van der Waals surface area (Å²) in [6.45, 7) is 6.67. The molecule has 2 aromatic heterocycles. The second kappa shape index (κ2) is 3.34. The number of hydrogen-bond donors (Lipinski definition) is 0. The van der Waals surface area contributed by atoms with Gasteiger partial charge in [0.25, 0.3) is 0 Å². The van der Waals surface area contributed by atoms with Gasteiger partial charge in [0, 0.05) is 0 Å². The molecule has 0 saturated heterocycles. The van der Waals surface area contributed by atoms with Crippen molar-refractivity contribution in [2.75, 3.05) is 0 Å². The quantitative estimate of drug-likeness (QED) is 0.545. The second-order valence-electron chi connectivity index (χ2n) is 4.25. The molecule has 0 N–H and O–H groups in total. The van der Waals surface area contributed by atoms with Crippen molar-refractivity contribution in [1.82, 2.24) is 9.97 Å². The summed E-state index contributed by atoms with van der Waals surface area (Å²) in [6, 6.07) is 2.16. The van der Waals surface area contributed by atoms with Crippen LogP contribution in [0.25, 0.3) is 9.78 Å². The molecule has 14 heavy (non-hydrogen) atoms. The van der Waals surface area contributed by atoms with Gasteiger partial charge in [-0.05, 0) is 0 Å². The third-order valence-corrected chi connectivity index (χ3v) is 5.28. The topological polar surface area (TPSA) is 25.8 Å². The number of aromatic nitrogens is 2. The minimum absolute atomic E-state index is 0.229. The van der Waals surface area contributed by atoms with Crippen LogP contribution in [0.1, 0.15) is 25.2 Å². The minimum atomic E-state index is 0.229. The molecule has 0 aliphatic rings. The molecule has 0 aliphatic heterocycles. The van der Waals surface area contributed by atoms with Gasteiger partial charge in [-0.2, -0.15) is 0 Å². The summed E-state index contributed by atoms with van der Waals surface area (Å²) in [7, 11) is 0. The Morgan fingerprint density at radius 2 is 2.07 bits per heavy atom. The molecule has 0 aromatic carbocycles. The van der Waals surface area contributed by atoms with Crippen LogP contribution in [0, 0.1) is 0 Å². The normalized spacial score (nSPS) is 12.3. The van der Waals surface area contributed by atoms with E-state index in [2.05, 4.69) is 36.8 Å². The molecule has 2 nitrogen and oxygen atoms in total.